The van der Waals surface area contributed by atoms with Crippen LogP contribution in [0.3, 0.4) is 0 Å². The SMILES string of the molecule is CC1(C)CCC(=O)C2=C1OC(N)=C(C#N)C21C(=O)Nc2ccc([N+](=O)[O-])cc21. The van der Waals surface area contributed by atoms with Gasteiger partial charge in [-0.15, -0.1) is 0 Å². The predicted molar refractivity (Wildman–Crippen MR) is 96.4 cm³/mol. The van der Waals surface area contributed by atoms with Crippen molar-refractivity contribution in [1.82, 2.24) is 0 Å². The van der Waals surface area contributed by atoms with Gasteiger partial charge >= 0.3 is 0 Å². The largest absolute Gasteiger partial charge is 0.444 e. The molecule has 1 aliphatic carbocycles. The third-order valence-corrected chi connectivity index (χ3v) is 5.62. The van der Waals surface area contributed by atoms with Gasteiger partial charge in [-0.05, 0) is 12.5 Å². The molecule has 0 bridgehead atoms. The molecule has 0 aromatic heterocycles. The van der Waals surface area contributed by atoms with Crippen LogP contribution in [0, 0.1) is 26.9 Å². The molecule has 0 radical (unpaired) electrons. The zero-order chi connectivity index (χ0) is 20.4. The minimum absolute atomic E-state index is 0.0336. The highest BCUT2D eigenvalue weighted by atomic mass is 16.6. The fourth-order valence-corrected chi connectivity index (χ4v) is 4.21. The Hall–Kier alpha value is -3.67. The highest BCUT2D eigenvalue weighted by Crippen LogP contribution is 2.57. The van der Waals surface area contributed by atoms with E-state index in [0.29, 0.717) is 12.1 Å². The number of nitrogens with zero attached hydrogens (tertiary/aromatic N) is 2. The van der Waals surface area contributed by atoms with Gasteiger partial charge < -0.3 is 15.8 Å². The van der Waals surface area contributed by atoms with Crippen molar-refractivity contribution in [2.75, 3.05) is 5.32 Å². The summed E-state index contributed by atoms with van der Waals surface area (Å²) in [4.78, 5) is 37.0. The van der Waals surface area contributed by atoms with Crippen molar-refractivity contribution in [3.63, 3.8) is 0 Å². The fraction of sp³-hybridized carbons (Fsp3) is 0.316. The van der Waals surface area contributed by atoms with E-state index in [1.165, 1.54) is 18.2 Å². The Bertz CT molecular complexity index is 1090. The van der Waals surface area contributed by atoms with Gasteiger partial charge in [-0.2, -0.15) is 5.26 Å². The third-order valence-electron chi connectivity index (χ3n) is 5.62. The van der Waals surface area contributed by atoms with E-state index in [9.17, 15) is 25.0 Å². The second-order valence-electron chi connectivity index (χ2n) is 7.66. The number of ether oxygens (including phenoxy) is 1. The predicted octanol–water partition coefficient (Wildman–Crippen LogP) is 2.15. The number of hydrogen-bond donors (Lipinski definition) is 2. The van der Waals surface area contributed by atoms with Crippen LogP contribution in [0.4, 0.5) is 11.4 Å². The lowest BCUT2D eigenvalue weighted by Crippen LogP contribution is -2.48. The topological polar surface area (TPSA) is 148 Å². The normalized spacial score (nSPS) is 25.0. The molecule has 1 unspecified atom stereocenters. The molecule has 2 heterocycles. The van der Waals surface area contributed by atoms with Crippen molar-refractivity contribution in [3.05, 3.63) is 56.7 Å². The molecule has 4 rings (SSSR count). The maximum absolute atomic E-state index is 13.3. The first kappa shape index (κ1) is 17.7. The van der Waals surface area contributed by atoms with Crippen molar-refractivity contribution < 1.29 is 19.2 Å². The number of carbonyl (C=O) groups is 2. The van der Waals surface area contributed by atoms with Gasteiger partial charge in [-0.3, -0.25) is 19.7 Å². The number of nitrogens with one attached hydrogen (secondary N) is 1. The number of benzene rings is 1. The number of anilines is 1. The van der Waals surface area contributed by atoms with E-state index in [1.807, 2.05) is 19.9 Å². The van der Waals surface area contributed by atoms with E-state index >= 15 is 0 Å². The minimum atomic E-state index is -1.86. The zero-order valence-corrected chi connectivity index (χ0v) is 15.2. The maximum atomic E-state index is 13.3. The highest BCUT2D eigenvalue weighted by Gasteiger charge is 2.61. The van der Waals surface area contributed by atoms with Crippen molar-refractivity contribution in [2.24, 2.45) is 11.1 Å². The Morgan fingerprint density at radius 1 is 1.36 bits per heavy atom. The van der Waals surface area contributed by atoms with E-state index < -0.39 is 21.7 Å². The maximum Gasteiger partial charge on any atom is 0.269 e. The number of nitrogens with two attached hydrogens (primary N) is 1. The third kappa shape index (κ3) is 2.00. The van der Waals surface area contributed by atoms with Crippen LogP contribution in [-0.4, -0.2) is 16.6 Å². The molecule has 1 aromatic rings. The number of Topliss-reactive ketones (excluding diaryl/α,β-unsaturated/α-hetero) is 1. The van der Waals surface area contributed by atoms with Gasteiger partial charge in [0.25, 0.3) is 5.69 Å². The van der Waals surface area contributed by atoms with Crippen LogP contribution < -0.4 is 11.1 Å². The second kappa shape index (κ2) is 5.42. The summed E-state index contributed by atoms with van der Waals surface area (Å²) in [7, 11) is 0. The van der Waals surface area contributed by atoms with E-state index in [2.05, 4.69) is 5.32 Å². The molecule has 3 N–H and O–H groups in total. The first-order chi connectivity index (χ1) is 13.1. The number of nitriles is 1. The summed E-state index contributed by atoms with van der Waals surface area (Å²) < 4.78 is 5.69. The molecule has 2 aliphatic heterocycles. The first-order valence-corrected chi connectivity index (χ1v) is 8.61. The van der Waals surface area contributed by atoms with Crippen LogP contribution in [0.15, 0.2) is 41.0 Å². The van der Waals surface area contributed by atoms with Crippen LogP contribution in [-0.2, 0) is 19.7 Å². The molecule has 1 spiro atoms. The molecular weight excluding hydrogens is 364 g/mol. The van der Waals surface area contributed by atoms with Gasteiger partial charge in [0.1, 0.15) is 22.8 Å². The molecule has 9 heteroatoms. The summed E-state index contributed by atoms with van der Waals surface area (Å²) in [6.07, 6.45) is 0.645. The Morgan fingerprint density at radius 2 is 2.07 bits per heavy atom. The van der Waals surface area contributed by atoms with Gasteiger partial charge in [0.2, 0.25) is 11.8 Å². The number of rotatable bonds is 1. The number of nitro groups is 1. The van der Waals surface area contributed by atoms with Crippen LogP contribution in [0.25, 0.3) is 0 Å². The second-order valence-corrected chi connectivity index (χ2v) is 7.66. The lowest BCUT2D eigenvalue weighted by molar-refractivity contribution is -0.384. The monoisotopic (exact) mass is 380 g/mol. The van der Waals surface area contributed by atoms with Gasteiger partial charge in [-0.25, -0.2) is 0 Å². The molecule has 3 aliphatic rings. The number of hydrogen-bond acceptors (Lipinski definition) is 7. The molecule has 142 valence electrons. The molecule has 0 fully saturated rings. The quantitative estimate of drug-likeness (QED) is 0.560. The zero-order valence-electron chi connectivity index (χ0n) is 15.2. The summed E-state index contributed by atoms with van der Waals surface area (Å²) >= 11 is 0. The van der Waals surface area contributed by atoms with Crippen molar-refractivity contribution >= 4 is 23.1 Å². The number of fused-ring (bicyclic) bond motifs is 3. The Kier molecular flexibility index (Phi) is 3.43. The summed E-state index contributed by atoms with van der Waals surface area (Å²) in [6.45, 7) is 3.71. The Labute approximate surface area is 159 Å². The number of amides is 1. The first-order valence-electron chi connectivity index (χ1n) is 8.61. The van der Waals surface area contributed by atoms with Crippen LogP contribution >= 0.6 is 0 Å². The van der Waals surface area contributed by atoms with E-state index in [-0.39, 0.29) is 46.2 Å². The van der Waals surface area contributed by atoms with Crippen molar-refractivity contribution in [3.8, 4) is 6.07 Å². The number of ketones is 1. The number of nitro benzene ring substituents is 1. The minimum Gasteiger partial charge on any atom is -0.444 e. The van der Waals surface area contributed by atoms with Crippen molar-refractivity contribution in [1.29, 1.82) is 5.26 Å². The smallest absolute Gasteiger partial charge is 0.269 e. The molecule has 28 heavy (non-hydrogen) atoms. The van der Waals surface area contributed by atoms with Crippen LogP contribution in [0.5, 0.6) is 0 Å². The molecular formula is C19H16N4O5. The molecule has 1 aromatic carbocycles. The van der Waals surface area contributed by atoms with Gasteiger partial charge in [0.15, 0.2) is 5.78 Å². The Morgan fingerprint density at radius 3 is 2.71 bits per heavy atom. The van der Waals surface area contributed by atoms with Gasteiger partial charge in [0, 0.05) is 35.2 Å². The number of carbonyl (C=O) groups excluding carboxylic acids is 2. The molecule has 0 saturated heterocycles. The van der Waals surface area contributed by atoms with E-state index in [0.717, 1.165) is 0 Å². The summed E-state index contributed by atoms with van der Waals surface area (Å²) in [5.74, 6) is -1.04. The van der Waals surface area contributed by atoms with Crippen LogP contribution in [0.1, 0.15) is 32.3 Å². The molecule has 1 atom stereocenters. The molecule has 9 nitrogen and oxygen atoms in total. The summed E-state index contributed by atoms with van der Waals surface area (Å²) in [6, 6.07) is 5.75. The summed E-state index contributed by atoms with van der Waals surface area (Å²) in [5.41, 5.74) is 3.53. The van der Waals surface area contributed by atoms with E-state index in [4.69, 9.17) is 10.5 Å². The number of allylic oxidation sites excluding steroid dienone is 1. The van der Waals surface area contributed by atoms with Crippen LogP contribution in [0.2, 0.25) is 0 Å². The van der Waals surface area contributed by atoms with Crippen molar-refractivity contribution in [2.45, 2.75) is 32.1 Å². The molecule has 0 saturated carbocycles. The average molecular weight is 380 g/mol. The van der Waals surface area contributed by atoms with Gasteiger partial charge in [-0.1, -0.05) is 13.8 Å². The van der Waals surface area contributed by atoms with Gasteiger partial charge in [0.05, 0.1) is 10.5 Å². The average Bonchev–Trinajstić information content (AvgIpc) is 2.91. The number of non-ortho nitro benzene ring substituents is 1. The lowest BCUT2D eigenvalue weighted by Gasteiger charge is -2.42. The molecule has 1 amide bonds. The van der Waals surface area contributed by atoms with E-state index in [1.54, 1.807) is 0 Å². The standard InChI is InChI=1S/C19H16N4O5/c1-18(2)6-5-13(24)14-15(18)28-16(21)11(8-20)19(14)10-7-9(23(26)27)3-4-12(10)22-17(19)25/h3-4,7H,5-6,21H2,1-2H3,(H,22,25). The fourth-order valence-electron chi connectivity index (χ4n) is 4.21. The summed E-state index contributed by atoms with van der Waals surface area (Å²) in [5, 5.41) is 23.8. The highest BCUT2D eigenvalue weighted by molar-refractivity contribution is 6.19. The lowest BCUT2D eigenvalue weighted by atomic mass is 9.61. The Balaban J connectivity index is 2.15.